The van der Waals surface area contributed by atoms with Gasteiger partial charge in [-0.05, 0) is 62.2 Å². The molecule has 5 nitrogen and oxygen atoms in total. The van der Waals surface area contributed by atoms with E-state index in [1.165, 1.54) is 10.5 Å². The molecule has 0 spiro atoms. The van der Waals surface area contributed by atoms with Gasteiger partial charge in [0.05, 0.1) is 24.8 Å². The number of aliphatic imine (C=N–C) groups is 1. The topological polar surface area (TPSA) is 46.4 Å². The molecule has 6 heteroatoms. The van der Waals surface area contributed by atoms with E-state index in [2.05, 4.69) is 54.0 Å². The Morgan fingerprint density at radius 2 is 2.10 bits per heavy atom. The van der Waals surface area contributed by atoms with Gasteiger partial charge in [0.2, 0.25) is 0 Å². The molecule has 0 bridgehead atoms. The molecule has 3 rings (SSSR count). The van der Waals surface area contributed by atoms with Crippen LogP contribution in [0.5, 0.6) is 5.75 Å². The molecule has 0 amide bonds. The van der Waals surface area contributed by atoms with E-state index in [4.69, 9.17) is 9.57 Å². The fourth-order valence-electron chi connectivity index (χ4n) is 3.05. The Balaban J connectivity index is 1.63. The van der Waals surface area contributed by atoms with Gasteiger partial charge in [0.25, 0.3) is 0 Å². The maximum Gasteiger partial charge on any atom is 0.142 e. The summed E-state index contributed by atoms with van der Waals surface area (Å²) in [5.74, 6) is 1.72. The van der Waals surface area contributed by atoms with Crippen molar-refractivity contribution in [3.05, 3.63) is 53.1 Å². The number of benzene rings is 2. The number of rotatable bonds is 8. The number of aryl methyl sites for hydroxylation is 2. The highest BCUT2D eigenvalue weighted by Gasteiger charge is 2.24. The summed E-state index contributed by atoms with van der Waals surface area (Å²) < 4.78 is 5.29. The average molecular weight is 412 g/mol. The van der Waals surface area contributed by atoms with Gasteiger partial charge in [-0.1, -0.05) is 11.2 Å². The van der Waals surface area contributed by atoms with E-state index in [9.17, 15) is 0 Å². The van der Waals surface area contributed by atoms with Crippen LogP contribution in [0.15, 0.2) is 51.4 Å². The first-order valence-electron chi connectivity index (χ1n) is 9.85. The molecule has 1 aliphatic heterocycles. The van der Waals surface area contributed by atoms with Gasteiger partial charge in [0.15, 0.2) is 0 Å². The van der Waals surface area contributed by atoms with E-state index in [0.717, 1.165) is 47.0 Å². The van der Waals surface area contributed by atoms with Crippen LogP contribution in [-0.2, 0) is 4.84 Å². The number of hydrogen-bond donors (Lipinski definition) is 0. The third-order valence-electron chi connectivity index (χ3n) is 4.96. The maximum atomic E-state index is 5.72. The normalized spacial score (nSPS) is 16.0. The summed E-state index contributed by atoms with van der Waals surface area (Å²) in [6.45, 7) is 7.24. The highest BCUT2D eigenvalue weighted by atomic mass is 32.2. The largest absolute Gasteiger partial charge is 0.497 e. The van der Waals surface area contributed by atoms with Crippen LogP contribution in [0.25, 0.3) is 0 Å². The van der Waals surface area contributed by atoms with Crippen molar-refractivity contribution < 1.29 is 9.57 Å². The molecular weight excluding hydrogens is 382 g/mol. The van der Waals surface area contributed by atoms with Crippen molar-refractivity contribution in [3.63, 3.8) is 0 Å². The van der Waals surface area contributed by atoms with E-state index in [1.54, 1.807) is 18.9 Å². The predicted octanol–water partition coefficient (Wildman–Crippen LogP) is 5.21. The molecule has 0 aliphatic carbocycles. The minimum atomic E-state index is 0.0804. The van der Waals surface area contributed by atoms with Crippen LogP contribution in [0.2, 0.25) is 0 Å². The van der Waals surface area contributed by atoms with Gasteiger partial charge in [-0.15, -0.1) is 11.8 Å². The summed E-state index contributed by atoms with van der Waals surface area (Å²) in [6.07, 6.45) is 2.78. The van der Waals surface area contributed by atoms with Crippen LogP contribution < -0.4 is 4.74 Å². The lowest BCUT2D eigenvalue weighted by molar-refractivity contribution is 0.103. The van der Waals surface area contributed by atoms with Crippen molar-refractivity contribution in [2.45, 2.75) is 38.2 Å². The highest BCUT2D eigenvalue weighted by Crippen LogP contribution is 2.29. The van der Waals surface area contributed by atoms with Crippen molar-refractivity contribution in [2.75, 3.05) is 26.5 Å². The smallest absolute Gasteiger partial charge is 0.142 e. The van der Waals surface area contributed by atoms with E-state index in [0.29, 0.717) is 0 Å². The van der Waals surface area contributed by atoms with Gasteiger partial charge in [-0.2, -0.15) is 0 Å². The zero-order valence-corrected chi connectivity index (χ0v) is 18.6. The molecule has 1 atom stereocenters. The molecule has 0 aromatic heterocycles. The first kappa shape index (κ1) is 21.2. The van der Waals surface area contributed by atoms with Crippen molar-refractivity contribution in [1.82, 2.24) is 4.90 Å². The fraction of sp³-hybridized carbons (Fsp3) is 0.391. The zero-order valence-electron chi connectivity index (χ0n) is 17.8. The lowest BCUT2D eigenvalue weighted by Gasteiger charge is -2.12. The van der Waals surface area contributed by atoms with Gasteiger partial charge in [0, 0.05) is 36.2 Å². The van der Waals surface area contributed by atoms with E-state index in [1.807, 2.05) is 31.6 Å². The maximum absolute atomic E-state index is 5.72. The van der Waals surface area contributed by atoms with Crippen LogP contribution >= 0.6 is 11.8 Å². The van der Waals surface area contributed by atoms with Crippen LogP contribution in [0.1, 0.15) is 30.0 Å². The molecule has 1 heterocycles. The lowest BCUT2D eigenvalue weighted by Crippen LogP contribution is -2.14. The second-order valence-electron chi connectivity index (χ2n) is 7.23. The predicted molar refractivity (Wildman–Crippen MR) is 122 cm³/mol. The van der Waals surface area contributed by atoms with Crippen LogP contribution in [0, 0.1) is 13.8 Å². The number of thioether (sulfide) groups is 1. The van der Waals surface area contributed by atoms with E-state index in [-0.39, 0.29) is 6.10 Å². The summed E-state index contributed by atoms with van der Waals surface area (Å²) in [5, 5.41) is 4.38. The molecular formula is C23H29N3O2S. The number of oxime groups is 1. The Hall–Kier alpha value is -2.47. The quantitative estimate of drug-likeness (QED) is 0.340. The van der Waals surface area contributed by atoms with Crippen molar-refractivity contribution in [3.8, 4) is 5.75 Å². The van der Waals surface area contributed by atoms with Crippen molar-refractivity contribution >= 4 is 29.5 Å². The number of nitrogens with zero attached hydrogens (tertiary/aromatic N) is 3. The Morgan fingerprint density at radius 1 is 1.28 bits per heavy atom. The summed E-state index contributed by atoms with van der Waals surface area (Å²) >= 11 is 1.76. The molecule has 2 aromatic carbocycles. The third kappa shape index (κ3) is 5.54. The Morgan fingerprint density at radius 3 is 2.86 bits per heavy atom. The van der Waals surface area contributed by atoms with Gasteiger partial charge in [0.1, 0.15) is 11.9 Å². The molecule has 2 aromatic rings. The van der Waals surface area contributed by atoms with E-state index >= 15 is 0 Å². The summed E-state index contributed by atoms with van der Waals surface area (Å²) in [6, 6.07) is 12.4. The second-order valence-corrected chi connectivity index (χ2v) is 8.32. The van der Waals surface area contributed by atoms with Gasteiger partial charge < -0.3 is 14.5 Å². The second kappa shape index (κ2) is 9.83. The van der Waals surface area contributed by atoms with Gasteiger partial charge >= 0.3 is 0 Å². The molecule has 0 N–H and O–H groups in total. The summed E-state index contributed by atoms with van der Waals surface area (Å²) in [4.78, 5) is 13.6. The molecule has 0 radical (unpaired) electrons. The molecule has 29 heavy (non-hydrogen) atoms. The summed E-state index contributed by atoms with van der Waals surface area (Å²) in [5.41, 5.74) is 5.48. The van der Waals surface area contributed by atoms with Gasteiger partial charge in [-0.25, -0.2) is 4.99 Å². The Kier molecular flexibility index (Phi) is 7.20. The first-order chi connectivity index (χ1) is 14.0. The minimum Gasteiger partial charge on any atom is -0.497 e. The lowest BCUT2D eigenvalue weighted by atomic mass is 9.97. The number of ether oxygens (including phenoxy) is 1. The zero-order chi connectivity index (χ0) is 20.8. The Labute approximate surface area is 177 Å². The highest BCUT2D eigenvalue weighted by molar-refractivity contribution is 7.99. The third-order valence-corrected chi connectivity index (χ3v) is 6.08. The summed E-state index contributed by atoms with van der Waals surface area (Å²) in [7, 11) is 3.71. The first-order valence-corrected chi connectivity index (χ1v) is 10.8. The van der Waals surface area contributed by atoms with Crippen LogP contribution in [0.4, 0.5) is 5.69 Å². The standard InChI is InChI=1S/C23H29N3O2S/c1-6-26(4)15-24-22-11-16(2)21(10-17(22)3)23-13-19(28-25-23)14-29-20-9-7-8-18(12-20)27-5/h7-12,15,19H,6,13-14H2,1-5H3. The molecule has 0 fully saturated rings. The molecule has 154 valence electrons. The molecule has 0 saturated heterocycles. The number of methoxy groups -OCH3 is 1. The molecule has 0 saturated carbocycles. The van der Waals surface area contributed by atoms with Gasteiger partial charge in [-0.3, -0.25) is 0 Å². The molecule has 1 aliphatic rings. The average Bonchev–Trinajstić information content (AvgIpc) is 3.21. The van der Waals surface area contributed by atoms with Crippen molar-refractivity contribution in [2.24, 2.45) is 10.1 Å². The minimum absolute atomic E-state index is 0.0804. The fourth-order valence-corrected chi connectivity index (χ4v) is 3.98. The SMILES string of the molecule is CCN(C)C=Nc1cc(C)c(C2=NOC(CSc3cccc(OC)c3)C2)cc1C. The van der Waals surface area contributed by atoms with Crippen LogP contribution in [0.3, 0.4) is 0 Å². The number of hydrogen-bond acceptors (Lipinski definition) is 5. The van der Waals surface area contributed by atoms with Crippen molar-refractivity contribution in [1.29, 1.82) is 0 Å². The Bertz CT molecular complexity index is 911. The van der Waals surface area contributed by atoms with Crippen LogP contribution in [-0.4, -0.2) is 49.5 Å². The van der Waals surface area contributed by atoms with E-state index < -0.39 is 0 Å². The molecule has 1 unspecified atom stereocenters. The monoisotopic (exact) mass is 411 g/mol.